The summed E-state index contributed by atoms with van der Waals surface area (Å²) in [6.45, 7) is 10.1. The summed E-state index contributed by atoms with van der Waals surface area (Å²) in [5.74, 6) is -0.462. The fourth-order valence-electron chi connectivity index (χ4n) is 4.81. The standard InChI is InChI=1S/C27H31ClN4O4S/c1-4-11-32-21(17-30-12-13-31(18(3)16-30)25(33)22-10-7-14-37-22)23(26(34)36-5-2)24(29-27(32)35)19-8-6-9-20(28)15-19/h4,6-10,14-15,18,24H,1,5,11-13,16-17H2,2-3H3,(H,29,35)/t18-,24-/m0/s1. The van der Waals surface area contributed by atoms with Gasteiger partial charge in [-0.3, -0.25) is 14.6 Å². The number of carbonyl (C=O) groups is 3. The van der Waals surface area contributed by atoms with Crippen LogP contribution in [0.1, 0.15) is 35.1 Å². The first-order chi connectivity index (χ1) is 17.8. The van der Waals surface area contributed by atoms with E-state index in [1.807, 2.05) is 35.4 Å². The van der Waals surface area contributed by atoms with Crippen molar-refractivity contribution in [3.05, 3.63) is 81.2 Å². The molecule has 8 nitrogen and oxygen atoms in total. The van der Waals surface area contributed by atoms with E-state index in [9.17, 15) is 14.4 Å². The third kappa shape index (κ3) is 5.89. The average molecular weight is 543 g/mol. The molecule has 37 heavy (non-hydrogen) atoms. The van der Waals surface area contributed by atoms with Crippen LogP contribution in [-0.2, 0) is 9.53 Å². The molecule has 1 saturated heterocycles. The number of carbonyl (C=O) groups excluding carboxylic acids is 3. The first-order valence-electron chi connectivity index (χ1n) is 12.2. The predicted molar refractivity (Wildman–Crippen MR) is 145 cm³/mol. The van der Waals surface area contributed by atoms with Crippen molar-refractivity contribution in [2.75, 3.05) is 39.3 Å². The van der Waals surface area contributed by atoms with Crippen LogP contribution in [0.5, 0.6) is 0 Å². The number of hydrogen-bond donors (Lipinski definition) is 1. The van der Waals surface area contributed by atoms with Gasteiger partial charge in [-0.05, 0) is 43.0 Å². The van der Waals surface area contributed by atoms with Gasteiger partial charge in [0, 0.05) is 49.5 Å². The number of urea groups is 1. The molecule has 2 aliphatic heterocycles. The Kier molecular flexibility index (Phi) is 8.68. The van der Waals surface area contributed by atoms with E-state index >= 15 is 0 Å². The lowest BCUT2D eigenvalue weighted by atomic mass is 9.94. The minimum atomic E-state index is -0.708. The van der Waals surface area contributed by atoms with Gasteiger partial charge < -0.3 is 15.0 Å². The normalized spacial score (nSPS) is 20.6. The van der Waals surface area contributed by atoms with Crippen molar-refractivity contribution in [1.82, 2.24) is 20.0 Å². The molecule has 2 aliphatic rings. The van der Waals surface area contributed by atoms with Crippen molar-refractivity contribution >= 4 is 40.8 Å². The predicted octanol–water partition coefficient (Wildman–Crippen LogP) is 4.32. The number of ether oxygens (including phenoxy) is 1. The Labute approximate surface area is 226 Å². The summed E-state index contributed by atoms with van der Waals surface area (Å²) in [4.78, 5) is 45.8. The molecule has 3 heterocycles. The molecule has 1 aromatic heterocycles. The summed E-state index contributed by atoms with van der Waals surface area (Å²) >= 11 is 7.68. The van der Waals surface area contributed by atoms with Gasteiger partial charge in [0.15, 0.2) is 0 Å². The molecule has 0 aliphatic carbocycles. The van der Waals surface area contributed by atoms with E-state index in [1.165, 1.54) is 16.2 Å². The molecule has 1 fully saturated rings. The SMILES string of the molecule is C=CCN1C(=O)N[C@@H](c2cccc(Cl)c2)C(C(=O)OCC)=C1CN1CCN(C(=O)c2cccs2)[C@@H](C)C1. The monoisotopic (exact) mass is 542 g/mol. The van der Waals surface area contributed by atoms with E-state index in [1.54, 1.807) is 31.2 Å². The summed E-state index contributed by atoms with van der Waals surface area (Å²) in [5.41, 5.74) is 1.63. The summed E-state index contributed by atoms with van der Waals surface area (Å²) in [5, 5.41) is 5.35. The molecule has 2 atom stereocenters. The van der Waals surface area contributed by atoms with Crippen LogP contribution >= 0.6 is 22.9 Å². The van der Waals surface area contributed by atoms with Gasteiger partial charge in [-0.1, -0.05) is 35.9 Å². The zero-order chi connectivity index (χ0) is 26.5. The third-order valence-corrected chi connectivity index (χ3v) is 7.60. The molecule has 3 amide bonds. The minimum Gasteiger partial charge on any atom is -0.463 e. The number of nitrogens with zero attached hydrogens (tertiary/aromatic N) is 3. The van der Waals surface area contributed by atoms with Gasteiger partial charge in [-0.2, -0.15) is 0 Å². The maximum Gasteiger partial charge on any atom is 0.338 e. The number of halogens is 1. The lowest BCUT2D eigenvalue weighted by Gasteiger charge is -2.42. The molecule has 1 N–H and O–H groups in total. The lowest BCUT2D eigenvalue weighted by molar-refractivity contribution is -0.139. The Morgan fingerprint density at radius 2 is 2.08 bits per heavy atom. The number of thiophene rings is 1. The van der Waals surface area contributed by atoms with E-state index in [4.69, 9.17) is 16.3 Å². The van der Waals surface area contributed by atoms with Gasteiger partial charge in [0.1, 0.15) is 0 Å². The van der Waals surface area contributed by atoms with Gasteiger partial charge in [0.05, 0.1) is 23.1 Å². The summed E-state index contributed by atoms with van der Waals surface area (Å²) in [7, 11) is 0. The van der Waals surface area contributed by atoms with Crippen molar-refractivity contribution in [3.63, 3.8) is 0 Å². The second-order valence-corrected chi connectivity index (χ2v) is 10.4. The van der Waals surface area contributed by atoms with E-state index in [0.717, 1.165) is 4.88 Å². The van der Waals surface area contributed by atoms with Crippen molar-refractivity contribution < 1.29 is 19.1 Å². The number of esters is 1. The summed E-state index contributed by atoms with van der Waals surface area (Å²) < 4.78 is 5.45. The number of benzene rings is 1. The maximum atomic E-state index is 13.3. The highest BCUT2D eigenvalue weighted by atomic mass is 35.5. The highest BCUT2D eigenvalue weighted by Gasteiger charge is 2.39. The van der Waals surface area contributed by atoms with Gasteiger partial charge in [0.25, 0.3) is 5.91 Å². The van der Waals surface area contributed by atoms with Gasteiger partial charge >= 0.3 is 12.0 Å². The Hall–Kier alpha value is -3.14. The van der Waals surface area contributed by atoms with Crippen LogP contribution in [0.25, 0.3) is 0 Å². The summed E-state index contributed by atoms with van der Waals surface area (Å²) in [6.07, 6.45) is 1.63. The fourth-order valence-corrected chi connectivity index (χ4v) is 5.69. The first-order valence-corrected chi connectivity index (χ1v) is 13.5. The number of piperazine rings is 1. The van der Waals surface area contributed by atoms with Crippen molar-refractivity contribution in [1.29, 1.82) is 0 Å². The topological polar surface area (TPSA) is 82.2 Å². The number of nitrogens with one attached hydrogen (secondary N) is 1. The second-order valence-electron chi connectivity index (χ2n) is 8.98. The Balaban J connectivity index is 1.67. The molecule has 4 rings (SSSR count). The van der Waals surface area contributed by atoms with Crippen molar-refractivity contribution in [2.24, 2.45) is 0 Å². The molecule has 196 valence electrons. The molecule has 0 unspecified atom stereocenters. The van der Waals surface area contributed by atoms with E-state index in [2.05, 4.69) is 16.8 Å². The average Bonchev–Trinajstić information content (AvgIpc) is 3.41. The van der Waals surface area contributed by atoms with Crippen LogP contribution in [0.15, 0.2) is 65.7 Å². The molecule has 0 radical (unpaired) electrons. The molecule has 10 heteroatoms. The summed E-state index contributed by atoms with van der Waals surface area (Å²) in [6, 6.07) is 9.74. The minimum absolute atomic E-state index is 0.0277. The Morgan fingerprint density at radius 1 is 1.27 bits per heavy atom. The zero-order valence-electron chi connectivity index (χ0n) is 21.0. The number of rotatable bonds is 8. The lowest BCUT2D eigenvalue weighted by Crippen LogP contribution is -2.56. The molecule has 0 spiro atoms. The fraction of sp³-hybridized carbons (Fsp3) is 0.370. The van der Waals surface area contributed by atoms with Crippen LogP contribution in [0, 0.1) is 0 Å². The molecule has 2 aromatic rings. The number of hydrogen-bond acceptors (Lipinski definition) is 6. The van der Waals surface area contributed by atoms with Crippen LogP contribution in [0.4, 0.5) is 4.79 Å². The first kappa shape index (κ1) is 26.9. The molecule has 1 aromatic carbocycles. The largest absolute Gasteiger partial charge is 0.463 e. The van der Waals surface area contributed by atoms with Crippen LogP contribution in [0.2, 0.25) is 5.02 Å². The van der Waals surface area contributed by atoms with Crippen LogP contribution in [-0.4, -0.2) is 78.0 Å². The van der Waals surface area contributed by atoms with Crippen molar-refractivity contribution in [2.45, 2.75) is 25.9 Å². The van der Waals surface area contributed by atoms with Crippen molar-refractivity contribution in [3.8, 4) is 0 Å². The highest BCUT2D eigenvalue weighted by molar-refractivity contribution is 7.12. The smallest absolute Gasteiger partial charge is 0.338 e. The van der Waals surface area contributed by atoms with Gasteiger partial charge in [-0.15, -0.1) is 17.9 Å². The van der Waals surface area contributed by atoms with E-state index in [-0.39, 0.29) is 31.1 Å². The second kappa shape index (κ2) is 11.9. The van der Waals surface area contributed by atoms with Gasteiger partial charge in [-0.25, -0.2) is 9.59 Å². The molecule has 0 saturated carbocycles. The van der Waals surface area contributed by atoms with Crippen LogP contribution < -0.4 is 5.32 Å². The zero-order valence-corrected chi connectivity index (χ0v) is 22.6. The third-order valence-electron chi connectivity index (χ3n) is 6.51. The Bertz CT molecular complexity index is 1200. The Morgan fingerprint density at radius 3 is 2.73 bits per heavy atom. The highest BCUT2D eigenvalue weighted by Crippen LogP contribution is 2.33. The maximum absolute atomic E-state index is 13.3. The quantitative estimate of drug-likeness (QED) is 0.397. The van der Waals surface area contributed by atoms with E-state index in [0.29, 0.717) is 48.0 Å². The van der Waals surface area contributed by atoms with Gasteiger partial charge in [0.2, 0.25) is 0 Å². The molecule has 0 bridgehead atoms. The number of amides is 3. The van der Waals surface area contributed by atoms with Crippen LogP contribution in [0.3, 0.4) is 0 Å². The molecular weight excluding hydrogens is 512 g/mol. The van der Waals surface area contributed by atoms with E-state index < -0.39 is 12.0 Å². The molecular formula is C27H31ClN4O4S.